The molecule has 0 aliphatic carbocycles. The highest BCUT2D eigenvalue weighted by Crippen LogP contribution is 2.13. The van der Waals surface area contributed by atoms with Gasteiger partial charge in [-0.3, -0.25) is 9.59 Å². The number of para-hydroxylation sites is 1. The number of carbonyl (C=O) groups excluding carboxylic acids is 2. The normalized spacial score (nSPS) is 10.9. The zero-order valence-corrected chi connectivity index (χ0v) is 16.0. The highest BCUT2D eigenvalue weighted by atomic mass is 16.5. The molecule has 3 aromatic rings. The van der Waals surface area contributed by atoms with Crippen molar-refractivity contribution in [3.63, 3.8) is 0 Å². The van der Waals surface area contributed by atoms with E-state index in [1.54, 1.807) is 48.5 Å². The SMILES string of the molecule is CCCCOC(=O)c1ccc(NC(=O)/C=C/c2coc3ccccc3c2=O)cc1. The number of benzene rings is 2. The smallest absolute Gasteiger partial charge is 0.338 e. The average Bonchev–Trinajstić information content (AvgIpc) is 2.74. The van der Waals surface area contributed by atoms with Gasteiger partial charge in [-0.25, -0.2) is 4.79 Å². The van der Waals surface area contributed by atoms with E-state index in [0.29, 0.717) is 28.8 Å². The second-order valence-corrected chi connectivity index (χ2v) is 6.41. The molecule has 0 radical (unpaired) electrons. The second-order valence-electron chi connectivity index (χ2n) is 6.41. The molecule has 29 heavy (non-hydrogen) atoms. The Morgan fingerprint density at radius 1 is 1.10 bits per heavy atom. The van der Waals surface area contributed by atoms with Gasteiger partial charge in [-0.1, -0.05) is 25.5 Å². The monoisotopic (exact) mass is 391 g/mol. The van der Waals surface area contributed by atoms with Crippen LogP contribution >= 0.6 is 0 Å². The third-order valence-corrected chi connectivity index (χ3v) is 4.24. The van der Waals surface area contributed by atoms with Crippen molar-refractivity contribution >= 4 is 34.6 Å². The molecule has 148 valence electrons. The molecule has 1 heterocycles. The van der Waals surface area contributed by atoms with E-state index in [1.807, 2.05) is 6.92 Å². The van der Waals surface area contributed by atoms with Gasteiger partial charge in [-0.05, 0) is 48.9 Å². The quantitative estimate of drug-likeness (QED) is 0.366. The number of unbranched alkanes of at least 4 members (excludes halogenated alkanes) is 1. The summed E-state index contributed by atoms with van der Waals surface area (Å²) in [4.78, 5) is 36.4. The van der Waals surface area contributed by atoms with Gasteiger partial charge in [0.05, 0.1) is 23.1 Å². The first-order chi connectivity index (χ1) is 14.1. The standard InChI is InChI=1S/C23H21NO5/c1-2-3-14-28-23(27)16-8-11-18(12-9-16)24-21(25)13-10-17-15-29-20-7-5-4-6-19(20)22(17)26/h4-13,15H,2-3,14H2,1H3,(H,24,25)/b13-10+. The zero-order valence-electron chi connectivity index (χ0n) is 16.0. The maximum atomic E-state index is 12.4. The summed E-state index contributed by atoms with van der Waals surface area (Å²) in [6.45, 7) is 2.41. The van der Waals surface area contributed by atoms with Crippen LogP contribution in [0.25, 0.3) is 17.0 Å². The lowest BCUT2D eigenvalue weighted by atomic mass is 10.1. The Bertz CT molecular complexity index is 1100. The lowest BCUT2D eigenvalue weighted by molar-refractivity contribution is -0.111. The summed E-state index contributed by atoms with van der Waals surface area (Å²) in [5.41, 5.74) is 1.51. The van der Waals surface area contributed by atoms with Gasteiger partial charge in [0.1, 0.15) is 11.8 Å². The van der Waals surface area contributed by atoms with Crippen molar-refractivity contribution in [1.82, 2.24) is 0 Å². The first-order valence-electron chi connectivity index (χ1n) is 9.35. The average molecular weight is 391 g/mol. The maximum Gasteiger partial charge on any atom is 0.338 e. The van der Waals surface area contributed by atoms with Crippen molar-refractivity contribution in [2.45, 2.75) is 19.8 Å². The number of carbonyl (C=O) groups is 2. The lowest BCUT2D eigenvalue weighted by Gasteiger charge is -2.06. The molecule has 1 amide bonds. The van der Waals surface area contributed by atoms with Crippen molar-refractivity contribution in [2.24, 2.45) is 0 Å². The summed E-state index contributed by atoms with van der Waals surface area (Å²) in [5.74, 6) is -0.796. The Morgan fingerprint density at radius 3 is 2.62 bits per heavy atom. The van der Waals surface area contributed by atoms with Gasteiger partial charge >= 0.3 is 5.97 Å². The fourth-order valence-corrected chi connectivity index (χ4v) is 2.64. The van der Waals surface area contributed by atoms with Gasteiger partial charge < -0.3 is 14.5 Å². The Hall–Kier alpha value is -3.67. The van der Waals surface area contributed by atoms with Crippen molar-refractivity contribution < 1.29 is 18.7 Å². The molecule has 0 fully saturated rings. The molecule has 0 saturated carbocycles. The van der Waals surface area contributed by atoms with Crippen LogP contribution in [0.15, 0.2) is 70.1 Å². The largest absolute Gasteiger partial charge is 0.463 e. The molecule has 0 saturated heterocycles. The fraction of sp³-hybridized carbons (Fsp3) is 0.174. The van der Waals surface area contributed by atoms with E-state index in [0.717, 1.165) is 12.8 Å². The summed E-state index contributed by atoms with van der Waals surface area (Å²) < 4.78 is 10.6. The first kappa shape index (κ1) is 20.1. The predicted molar refractivity (Wildman–Crippen MR) is 112 cm³/mol. The number of ether oxygens (including phenoxy) is 1. The maximum absolute atomic E-state index is 12.4. The van der Waals surface area contributed by atoms with Crippen LogP contribution in [-0.4, -0.2) is 18.5 Å². The molecule has 6 heteroatoms. The van der Waals surface area contributed by atoms with Gasteiger partial charge in [0.15, 0.2) is 5.43 Å². The van der Waals surface area contributed by atoms with Crippen LogP contribution < -0.4 is 10.7 Å². The second kappa shape index (κ2) is 9.50. The third kappa shape index (κ3) is 5.19. The molecule has 0 aliphatic rings. The summed E-state index contributed by atoms with van der Waals surface area (Å²) in [5, 5.41) is 3.13. The summed E-state index contributed by atoms with van der Waals surface area (Å²) >= 11 is 0. The molecule has 2 aromatic carbocycles. The summed E-state index contributed by atoms with van der Waals surface area (Å²) in [6, 6.07) is 13.3. The highest BCUT2D eigenvalue weighted by Gasteiger charge is 2.08. The van der Waals surface area contributed by atoms with E-state index in [9.17, 15) is 14.4 Å². The van der Waals surface area contributed by atoms with E-state index >= 15 is 0 Å². The van der Waals surface area contributed by atoms with E-state index < -0.39 is 5.91 Å². The topological polar surface area (TPSA) is 85.6 Å². The lowest BCUT2D eigenvalue weighted by Crippen LogP contribution is -2.10. The van der Waals surface area contributed by atoms with Crippen molar-refractivity contribution in [2.75, 3.05) is 11.9 Å². The number of nitrogens with one attached hydrogen (secondary N) is 1. The number of amides is 1. The van der Waals surface area contributed by atoms with E-state index in [4.69, 9.17) is 9.15 Å². The first-order valence-corrected chi connectivity index (χ1v) is 9.35. The van der Waals surface area contributed by atoms with Crippen LogP contribution in [0.4, 0.5) is 5.69 Å². The van der Waals surface area contributed by atoms with Crippen molar-refractivity contribution in [1.29, 1.82) is 0 Å². The number of esters is 1. The number of rotatable bonds is 7. The molecule has 0 unspecified atom stereocenters. The van der Waals surface area contributed by atoms with Gasteiger partial charge in [-0.15, -0.1) is 0 Å². The van der Waals surface area contributed by atoms with Gasteiger partial charge in [-0.2, -0.15) is 0 Å². The summed E-state index contributed by atoms with van der Waals surface area (Å²) in [6.07, 6.45) is 5.77. The van der Waals surface area contributed by atoms with Crippen LogP contribution in [-0.2, 0) is 9.53 Å². The van der Waals surface area contributed by atoms with Crippen molar-refractivity contribution in [3.8, 4) is 0 Å². The molecule has 0 spiro atoms. The minimum Gasteiger partial charge on any atom is -0.463 e. The van der Waals surface area contributed by atoms with Crippen LogP contribution in [0.3, 0.4) is 0 Å². The Morgan fingerprint density at radius 2 is 1.86 bits per heavy atom. The molecule has 0 aliphatic heterocycles. The Kier molecular flexibility index (Phi) is 6.58. The van der Waals surface area contributed by atoms with Crippen LogP contribution in [0.5, 0.6) is 0 Å². The zero-order chi connectivity index (χ0) is 20.6. The molecule has 1 N–H and O–H groups in total. The highest BCUT2D eigenvalue weighted by molar-refractivity contribution is 6.02. The van der Waals surface area contributed by atoms with Crippen LogP contribution in [0.2, 0.25) is 0 Å². The van der Waals surface area contributed by atoms with E-state index in [-0.39, 0.29) is 17.0 Å². The van der Waals surface area contributed by atoms with Crippen LogP contribution in [0.1, 0.15) is 35.7 Å². The molecule has 0 bridgehead atoms. The fourth-order valence-electron chi connectivity index (χ4n) is 2.64. The Balaban J connectivity index is 1.63. The number of hydrogen-bond donors (Lipinski definition) is 1. The van der Waals surface area contributed by atoms with Gasteiger partial charge in [0, 0.05) is 11.8 Å². The van der Waals surface area contributed by atoms with E-state index in [1.165, 1.54) is 18.4 Å². The molecular formula is C23H21NO5. The third-order valence-electron chi connectivity index (χ3n) is 4.24. The minimum absolute atomic E-state index is 0.207. The van der Waals surface area contributed by atoms with Crippen molar-refractivity contribution in [3.05, 3.63) is 82.2 Å². The predicted octanol–water partition coefficient (Wildman–Crippen LogP) is 4.40. The number of hydrogen-bond acceptors (Lipinski definition) is 5. The molecule has 6 nitrogen and oxygen atoms in total. The Labute approximate surface area is 167 Å². The minimum atomic E-state index is -0.407. The molecule has 1 aromatic heterocycles. The van der Waals surface area contributed by atoms with Gasteiger partial charge in [0.25, 0.3) is 0 Å². The summed E-state index contributed by atoms with van der Waals surface area (Å²) in [7, 11) is 0. The number of anilines is 1. The van der Waals surface area contributed by atoms with E-state index in [2.05, 4.69) is 5.32 Å². The molecular weight excluding hydrogens is 370 g/mol. The molecule has 0 atom stereocenters. The number of fused-ring (bicyclic) bond motifs is 1. The van der Waals surface area contributed by atoms with Gasteiger partial charge in [0.2, 0.25) is 5.91 Å². The van der Waals surface area contributed by atoms with Crippen LogP contribution in [0, 0.1) is 0 Å². The molecule has 3 rings (SSSR count).